The van der Waals surface area contributed by atoms with Crippen molar-refractivity contribution in [2.45, 2.75) is 19.0 Å². The Bertz CT molecular complexity index is 835. The standard InChI is InChI=1S/C20H22N4/c1-3-10-20(24-16-6-4-5-14(2)12-16)18(9-11-23-20)17-13-15(21)7-8-19(17)22/h3-9,11-13,24H,1,10,21-22H2,2H3. The van der Waals surface area contributed by atoms with Crippen LogP contribution in [0.4, 0.5) is 17.1 Å². The van der Waals surface area contributed by atoms with Crippen LogP contribution in [-0.4, -0.2) is 11.9 Å². The van der Waals surface area contributed by atoms with Gasteiger partial charge < -0.3 is 16.8 Å². The number of allylic oxidation sites excluding steroid dienone is 1. The summed E-state index contributed by atoms with van der Waals surface area (Å²) in [6.07, 6.45) is 6.29. The van der Waals surface area contributed by atoms with Crippen LogP contribution in [0.1, 0.15) is 17.5 Å². The molecule has 4 heteroatoms. The first-order valence-corrected chi connectivity index (χ1v) is 7.91. The zero-order valence-corrected chi connectivity index (χ0v) is 13.8. The van der Waals surface area contributed by atoms with Crippen molar-refractivity contribution in [3.63, 3.8) is 0 Å². The summed E-state index contributed by atoms with van der Waals surface area (Å²) < 4.78 is 0. The lowest BCUT2D eigenvalue weighted by Crippen LogP contribution is -2.35. The Hall–Kier alpha value is -3.01. The van der Waals surface area contributed by atoms with Crippen LogP contribution in [0.5, 0.6) is 0 Å². The van der Waals surface area contributed by atoms with Crippen molar-refractivity contribution >= 4 is 28.8 Å². The molecule has 0 fully saturated rings. The zero-order valence-electron chi connectivity index (χ0n) is 13.8. The average molecular weight is 318 g/mol. The van der Waals surface area contributed by atoms with Gasteiger partial charge in [-0.25, -0.2) is 0 Å². The lowest BCUT2D eigenvalue weighted by atomic mass is 9.89. The summed E-state index contributed by atoms with van der Waals surface area (Å²) in [5, 5.41) is 3.56. The first kappa shape index (κ1) is 15.9. The van der Waals surface area contributed by atoms with E-state index in [1.165, 1.54) is 5.56 Å². The van der Waals surface area contributed by atoms with Gasteiger partial charge >= 0.3 is 0 Å². The smallest absolute Gasteiger partial charge is 0.159 e. The first-order chi connectivity index (χ1) is 11.5. The van der Waals surface area contributed by atoms with Gasteiger partial charge in [-0.05, 0) is 48.9 Å². The minimum Gasteiger partial charge on any atom is -0.399 e. The van der Waals surface area contributed by atoms with Gasteiger partial charge in [0.15, 0.2) is 5.66 Å². The Morgan fingerprint density at radius 2 is 2.04 bits per heavy atom. The molecule has 0 saturated carbocycles. The summed E-state index contributed by atoms with van der Waals surface area (Å²) in [6, 6.07) is 13.7. The molecule has 1 aliphatic rings. The predicted octanol–water partition coefficient (Wildman–Crippen LogP) is 4.01. The molecular weight excluding hydrogens is 296 g/mol. The summed E-state index contributed by atoms with van der Waals surface area (Å²) in [4.78, 5) is 4.71. The topological polar surface area (TPSA) is 76.4 Å². The van der Waals surface area contributed by atoms with Gasteiger partial charge in [-0.2, -0.15) is 0 Å². The van der Waals surface area contributed by atoms with Crippen molar-refractivity contribution in [3.05, 3.63) is 72.3 Å². The number of hydrogen-bond acceptors (Lipinski definition) is 4. The minimum atomic E-state index is -0.628. The van der Waals surface area contributed by atoms with Crippen molar-refractivity contribution in [1.82, 2.24) is 0 Å². The van der Waals surface area contributed by atoms with E-state index in [-0.39, 0.29) is 0 Å². The Morgan fingerprint density at radius 3 is 2.79 bits per heavy atom. The fourth-order valence-corrected chi connectivity index (χ4v) is 3.05. The molecule has 5 N–H and O–H groups in total. The van der Waals surface area contributed by atoms with Crippen LogP contribution in [0.15, 0.2) is 66.2 Å². The van der Waals surface area contributed by atoms with E-state index in [0.29, 0.717) is 17.8 Å². The quantitative estimate of drug-likeness (QED) is 0.576. The summed E-state index contributed by atoms with van der Waals surface area (Å²) in [5.74, 6) is 0. The fourth-order valence-electron chi connectivity index (χ4n) is 3.05. The van der Waals surface area contributed by atoms with Gasteiger partial charge in [0.1, 0.15) is 0 Å². The summed E-state index contributed by atoms with van der Waals surface area (Å²) in [7, 11) is 0. The van der Waals surface area contributed by atoms with Crippen LogP contribution in [0.3, 0.4) is 0 Å². The van der Waals surface area contributed by atoms with E-state index in [4.69, 9.17) is 16.5 Å². The summed E-state index contributed by atoms with van der Waals surface area (Å²) in [6.45, 7) is 5.96. The second-order valence-electron chi connectivity index (χ2n) is 6.05. The molecule has 1 atom stereocenters. The monoisotopic (exact) mass is 318 g/mol. The van der Waals surface area contributed by atoms with E-state index in [0.717, 1.165) is 16.8 Å². The van der Waals surface area contributed by atoms with E-state index in [1.54, 1.807) is 6.07 Å². The number of nitrogens with zero attached hydrogens (tertiary/aromatic N) is 1. The third kappa shape index (κ3) is 2.91. The highest BCUT2D eigenvalue weighted by atomic mass is 15.2. The Labute approximate surface area is 142 Å². The van der Waals surface area contributed by atoms with E-state index in [1.807, 2.05) is 42.6 Å². The number of nitrogens with two attached hydrogens (primary N) is 2. The molecule has 4 nitrogen and oxygen atoms in total. The molecule has 1 unspecified atom stereocenters. The highest BCUT2D eigenvalue weighted by Crippen LogP contribution is 2.40. The zero-order chi connectivity index (χ0) is 17.2. The van der Waals surface area contributed by atoms with Crippen LogP contribution in [0.25, 0.3) is 5.57 Å². The molecule has 0 bridgehead atoms. The molecular formula is C20H22N4. The highest BCUT2D eigenvalue weighted by molar-refractivity contribution is 5.97. The number of hydrogen-bond donors (Lipinski definition) is 3. The number of rotatable bonds is 5. The molecule has 3 rings (SSSR count). The molecule has 0 aromatic heterocycles. The first-order valence-electron chi connectivity index (χ1n) is 7.91. The lowest BCUT2D eigenvalue weighted by Gasteiger charge is -2.32. The SMILES string of the molecule is C=CCC1(Nc2cccc(C)c2)N=CC=C1c1cc(N)ccc1N. The molecule has 1 heterocycles. The average Bonchev–Trinajstić information content (AvgIpc) is 2.93. The number of nitrogens with one attached hydrogen (secondary N) is 1. The van der Waals surface area contributed by atoms with Gasteiger partial charge in [0.25, 0.3) is 0 Å². The molecule has 24 heavy (non-hydrogen) atoms. The maximum absolute atomic E-state index is 6.20. The lowest BCUT2D eigenvalue weighted by molar-refractivity contribution is 0.646. The Morgan fingerprint density at radius 1 is 1.21 bits per heavy atom. The second kappa shape index (κ2) is 6.24. The molecule has 2 aromatic carbocycles. The number of nitrogen functional groups attached to an aromatic ring is 2. The Kier molecular flexibility index (Phi) is 4.13. The van der Waals surface area contributed by atoms with Crippen LogP contribution in [0, 0.1) is 6.92 Å². The van der Waals surface area contributed by atoms with Crippen molar-refractivity contribution in [3.8, 4) is 0 Å². The van der Waals surface area contributed by atoms with Crippen LogP contribution in [-0.2, 0) is 0 Å². The van der Waals surface area contributed by atoms with Gasteiger partial charge in [0, 0.05) is 40.8 Å². The van der Waals surface area contributed by atoms with Crippen molar-refractivity contribution < 1.29 is 0 Å². The molecule has 0 aliphatic carbocycles. The highest BCUT2D eigenvalue weighted by Gasteiger charge is 2.36. The number of benzene rings is 2. The third-order valence-electron chi connectivity index (χ3n) is 4.16. The summed E-state index contributed by atoms with van der Waals surface area (Å²) in [5.41, 5.74) is 17.0. The molecule has 0 amide bonds. The number of aryl methyl sites for hydroxylation is 1. The molecule has 2 aromatic rings. The molecule has 0 radical (unpaired) electrons. The van der Waals surface area contributed by atoms with Crippen molar-refractivity contribution in [2.24, 2.45) is 4.99 Å². The molecule has 122 valence electrons. The molecule has 1 aliphatic heterocycles. The van der Waals surface area contributed by atoms with Crippen molar-refractivity contribution in [1.29, 1.82) is 0 Å². The van der Waals surface area contributed by atoms with Gasteiger partial charge in [-0.15, -0.1) is 6.58 Å². The van der Waals surface area contributed by atoms with Crippen LogP contribution >= 0.6 is 0 Å². The van der Waals surface area contributed by atoms with Gasteiger partial charge in [-0.3, -0.25) is 4.99 Å². The van der Waals surface area contributed by atoms with E-state index in [9.17, 15) is 0 Å². The van der Waals surface area contributed by atoms with E-state index in [2.05, 4.69) is 31.0 Å². The Balaban J connectivity index is 2.05. The molecule has 0 spiro atoms. The maximum atomic E-state index is 6.20. The van der Waals surface area contributed by atoms with Crippen molar-refractivity contribution in [2.75, 3.05) is 16.8 Å². The van der Waals surface area contributed by atoms with E-state index >= 15 is 0 Å². The van der Waals surface area contributed by atoms with Crippen LogP contribution < -0.4 is 16.8 Å². The number of aliphatic imine (C=N–C) groups is 1. The van der Waals surface area contributed by atoms with Gasteiger partial charge in [-0.1, -0.05) is 18.2 Å². The fraction of sp³-hybridized carbons (Fsp3) is 0.150. The van der Waals surface area contributed by atoms with Gasteiger partial charge in [0.2, 0.25) is 0 Å². The van der Waals surface area contributed by atoms with E-state index < -0.39 is 5.66 Å². The number of anilines is 3. The third-order valence-corrected chi connectivity index (χ3v) is 4.16. The predicted molar refractivity (Wildman–Crippen MR) is 104 cm³/mol. The second-order valence-corrected chi connectivity index (χ2v) is 6.05. The maximum Gasteiger partial charge on any atom is 0.159 e. The summed E-state index contributed by atoms with van der Waals surface area (Å²) >= 11 is 0. The minimum absolute atomic E-state index is 0.628. The largest absolute Gasteiger partial charge is 0.399 e. The normalized spacial score (nSPS) is 19.1. The van der Waals surface area contributed by atoms with Gasteiger partial charge in [0.05, 0.1) is 0 Å². The van der Waals surface area contributed by atoms with Crippen LogP contribution in [0.2, 0.25) is 0 Å². The molecule has 0 saturated heterocycles.